The number of rotatable bonds is 5. The highest BCUT2D eigenvalue weighted by atomic mass is 16.6. The van der Waals surface area contributed by atoms with Crippen molar-refractivity contribution in [3.8, 4) is 0 Å². The van der Waals surface area contributed by atoms with Crippen molar-refractivity contribution in [2.24, 2.45) is 11.8 Å². The Labute approximate surface area is 127 Å². The molecule has 0 radical (unpaired) electrons. The minimum Gasteiger partial charge on any atom is -0.300 e. The molecule has 0 aliphatic heterocycles. The summed E-state index contributed by atoms with van der Waals surface area (Å²) in [6, 6.07) is 10.5. The molecular weight excluding hydrogens is 264 g/mol. The third-order valence-electron chi connectivity index (χ3n) is 5.27. The van der Waals surface area contributed by atoms with Crippen LogP contribution >= 0.6 is 0 Å². The molecule has 3 unspecified atom stereocenters. The molecule has 0 N–H and O–H groups in total. The summed E-state index contributed by atoms with van der Waals surface area (Å²) in [6.07, 6.45) is 4.07. The van der Waals surface area contributed by atoms with Crippen LogP contribution in [0.2, 0.25) is 0 Å². The molecule has 21 heavy (non-hydrogen) atoms. The summed E-state index contributed by atoms with van der Waals surface area (Å²) >= 11 is 0. The Morgan fingerprint density at radius 2 is 1.95 bits per heavy atom. The molecule has 0 bridgehead atoms. The first-order valence-electron chi connectivity index (χ1n) is 7.84. The highest BCUT2D eigenvalue weighted by Gasteiger charge is 2.44. The first-order valence-corrected chi connectivity index (χ1v) is 7.84. The van der Waals surface area contributed by atoms with Gasteiger partial charge >= 0.3 is 0 Å². The van der Waals surface area contributed by atoms with E-state index in [2.05, 4.69) is 50.2 Å². The molecule has 0 saturated heterocycles. The van der Waals surface area contributed by atoms with Crippen LogP contribution in [0.1, 0.15) is 38.2 Å². The molecule has 116 valence electrons. The monoisotopic (exact) mass is 290 g/mol. The van der Waals surface area contributed by atoms with Crippen molar-refractivity contribution in [1.82, 2.24) is 4.90 Å². The lowest BCUT2D eigenvalue weighted by molar-refractivity contribution is -0.491. The van der Waals surface area contributed by atoms with E-state index in [0.29, 0.717) is 5.92 Å². The van der Waals surface area contributed by atoms with E-state index in [1.807, 2.05) is 6.07 Å². The van der Waals surface area contributed by atoms with Gasteiger partial charge in [-0.1, -0.05) is 43.7 Å². The van der Waals surface area contributed by atoms with Gasteiger partial charge in [-0.25, -0.2) is 0 Å². The molecule has 0 spiro atoms. The van der Waals surface area contributed by atoms with E-state index in [-0.39, 0.29) is 22.9 Å². The lowest BCUT2D eigenvalue weighted by Gasteiger charge is -2.48. The molecule has 1 saturated carbocycles. The van der Waals surface area contributed by atoms with Gasteiger partial charge in [0.25, 0.3) is 0 Å². The number of hydrogen-bond donors (Lipinski definition) is 0. The summed E-state index contributed by atoms with van der Waals surface area (Å²) in [4.78, 5) is 13.2. The van der Waals surface area contributed by atoms with E-state index in [4.69, 9.17) is 0 Å². The van der Waals surface area contributed by atoms with Crippen LogP contribution < -0.4 is 0 Å². The fraction of sp³-hybridized carbons (Fsp3) is 0.647. The molecule has 1 fully saturated rings. The van der Waals surface area contributed by atoms with Gasteiger partial charge in [-0.15, -0.1) is 0 Å². The zero-order valence-electron chi connectivity index (χ0n) is 13.3. The maximum Gasteiger partial charge on any atom is 0.207 e. The topological polar surface area (TPSA) is 46.4 Å². The summed E-state index contributed by atoms with van der Waals surface area (Å²) in [7, 11) is 4.20. The summed E-state index contributed by atoms with van der Waals surface area (Å²) in [5.41, 5.74) is 1.23. The lowest BCUT2D eigenvalue weighted by atomic mass is 9.66. The second-order valence-corrected chi connectivity index (χ2v) is 6.48. The van der Waals surface area contributed by atoms with Gasteiger partial charge in [-0.3, -0.25) is 15.0 Å². The molecule has 0 heterocycles. The quantitative estimate of drug-likeness (QED) is 0.615. The lowest BCUT2D eigenvalue weighted by Crippen LogP contribution is -2.48. The predicted octanol–water partition coefficient (Wildman–Crippen LogP) is 3.55. The minimum absolute atomic E-state index is 0.0619. The van der Waals surface area contributed by atoms with Crippen molar-refractivity contribution in [2.75, 3.05) is 20.6 Å². The van der Waals surface area contributed by atoms with E-state index in [1.165, 1.54) is 5.56 Å². The summed E-state index contributed by atoms with van der Waals surface area (Å²) in [5.74, 6) is 0.647. The van der Waals surface area contributed by atoms with Gasteiger partial charge < -0.3 is 0 Å². The van der Waals surface area contributed by atoms with Gasteiger partial charge in [-0.05, 0) is 44.8 Å². The molecule has 1 aromatic rings. The van der Waals surface area contributed by atoms with Crippen molar-refractivity contribution in [3.63, 3.8) is 0 Å². The van der Waals surface area contributed by atoms with Crippen LogP contribution in [0.5, 0.6) is 0 Å². The van der Waals surface area contributed by atoms with Crippen molar-refractivity contribution in [3.05, 3.63) is 46.0 Å². The fourth-order valence-corrected chi connectivity index (χ4v) is 3.98. The molecule has 1 aromatic carbocycles. The standard InChI is InChI=1S/C17H26N2O2/c1-4-14-10-11-17(18(2)3,12-15(14)13-19(20)21)16-8-6-5-7-9-16/h5-9,14-15H,4,10-13H2,1-3H3. The van der Waals surface area contributed by atoms with Crippen LogP contribution in [-0.4, -0.2) is 30.5 Å². The average molecular weight is 290 g/mol. The number of benzene rings is 1. The van der Waals surface area contributed by atoms with Crippen LogP contribution in [-0.2, 0) is 5.54 Å². The summed E-state index contributed by atoms with van der Waals surface area (Å²) < 4.78 is 0. The number of nitrogens with zero attached hydrogens (tertiary/aromatic N) is 2. The third kappa shape index (κ3) is 3.26. The Balaban J connectivity index is 2.32. The Morgan fingerprint density at radius 1 is 1.29 bits per heavy atom. The van der Waals surface area contributed by atoms with Gasteiger partial charge in [0, 0.05) is 16.4 Å². The van der Waals surface area contributed by atoms with E-state index in [9.17, 15) is 10.1 Å². The maximum atomic E-state index is 11.0. The fourth-order valence-electron chi connectivity index (χ4n) is 3.98. The molecule has 4 heteroatoms. The molecular formula is C17H26N2O2. The normalized spacial score (nSPS) is 29.5. The predicted molar refractivity (Wildman–Crippen MR) is 84.8 cm³/mol. The maximum absolute atomic E-state index is 11.0. The van der Waals surface area contributed by atoms with Crippen LogP contribution in [0.15, 0.2) is 30.3 Å². The third-order valence-corrected chi connectivity index (χ3v) is 5.27. The van der Waals surface area contributed by atoms with Gasteiger partial charge in [0.05, 0.1) is 0 Å². The highest BCUT2D eigenvalue weighted by molar-refractivity contribution is 5.25. The Morgan fingerprint density at radius 3 is 2.48 bits per heavy atom. The second-order valence-electron chi connectivity index (χ2n) is 6.48. The van der Waals surface area contributed by atoms with Crippen LogP contribution in [0.3, 0.4) is 0 Å². The van der Waals surface area contributed by atoms with Crippen LogP contribution in [0.4, 0.5) is 0 Å². The Bertz CT molecular complexity index is 475. The Kier molecular flexibility index (Phi) is 4.99. The van der Waals surface area contributed by atoms with Crippen molar-refractivity contribution in [1.29, 1.82) is 0 Å². The zero-order chi connectivity index (χ0) is 15.5. The summed E-state index contributed by atoms with van der Waals surface area (Å²) in [6.45, 7) is 2.25. The smallest absolute Gasteiger partial charge is 0.207 e. The highest BCUT2D eigenvalue weighted by Crippen LogP contribution is 2.46. The van der Waals surface area contributed by atoms with E-state index in [0.717, 1.165) is 25.7 Å². The number of hydrogen-bond acceptors (Lipinski definition) is 3. The first kappa shape index (κ1) is 16.0. The minimum atomic E-state index is -0.135. The van der Waals surface area contributed by atoms with Crippen molar-refractivity contribution >= 4 is 0 Å². The van der Waals surface area contributed by atoms with Gasteiger partial charge in [0.15, 0.2) is 0 Å². The first-order chi connectivity index (χ1) is 9.99. The van der Waals surface area contributed by atoms with Crippen molar-refractivity contribution < 1.29 is 4.92 Å². The SMILES string of the molecule is CCC1CCC(c2ccccc2)(N(C)C)CC1C[N+](=O)[O-]. The Hall–Kier alpha value is -1.42. The summed E-state index contributed by atoms with van der Waals surface area (Å²) in [5, 5.41) is 11.0. The average Bonchev–Trinajstić information content (AvgIpc) is 2.47. The molecule has 3 atom stereocenters. The van der Waals surface area contributed by atoms with Gasteiger partial charge in [-0.2, -0.15) is 0 Å². The largest absolute Gasteiger partial charge is 0.300 e. The van der Waals surface area contributed by atoms with E-state index >= 15 is 0 Å². The van der Waals surface area contributed by atoms with Gasteiger partial charge in [0.1, 0.15) is 0 Å². The van der Waals surface area contributed by atoms with Crippen LogP contribution in [0.25, 0.3) is 0 Å². The van der Waals surface area contributed by atoms with E-state index < -0.39 is 0 Å². The molecule has 4 nitrogen and oxygen atoms in total. The molecule has 0 amide bonds. The molecule has 0 aromatic heterocycles. The molecule has 2 rings (SSSR count). The van der Waals surface area contributed by atoms with Gasteiger partial charge in [0.2, 0.25) is 6.54 Å². The number of nitro groups is 1. The van der Waals surface area contributed by atoms with Crippen LogP contribution in [0, 0.1) is 22.0 Å². The molecule has 1 aliphatic carbocycles. The molecule has 1 aliphatic rings. The zero-order valence-corrected chi connectivity index (χ0v) is 13.3. The van der Waals surface area contributed by atoms with E-state index in [1.54, 1.807) is 0 Å². The second kappa shape index (κ2) is 6.56. The van der Waals surface area contributed by atoms with Crippen molar-refractivity contribution in [2.45, 2.75) is 38.1 Å².